The van der Waals surface area contributed by atoms with Crippen LogP contribution in [0.15, 0.2) is 15.9 Å². The fourth-order valence-corrected chi connectivity index (χ4v) is 3.84. The lowest BCUT2D eigenvalue weighted by molar-refractivity contribution is 0.116. The van der Waals surface area contributed by atoms with Gasteiger partial charge in [-0.2, -0.15) is 0 Å². The third-order valence-electron chi connectivity index (χ3n) is 2.89. The first kappa shape index (κ1) is 10.6. The molecule has 1 aliphatic rings. The lowest BCUT2D eigenvalue weighted by Crippen LogP contribution is -2.28. The molecule has 78 valence electrons. The Labute approximate surface area is 95.8 Å². The first-order chi connectivity index (χ1) is 6.62. The van der Waals surface area contributed by atoms with Crippen molar-refractivity contribution in [3.63, 3.8) is 0 Å². The second kappa shape index (κ2) is 3.91. The van der Waals surface area contributed by atoms with Crippen molar-refractivity contribution >= 4 is 27.3 Å². The largest absolute Gasteiger partial charge is 0.316 e. The number of halogens is 2. The minimum Gasteiger partial charge on any atom is -0.316 e. The van der Waals surface area contributed by atoms with Gasteiger partial charge in [0.25, 0.3) is 0 Å². The number of hydrogen-bond donors (Lipinski definition) is 1. The number of hydrogen-bond acceptors (Lipinski definition) is 2. The van der Waals surface area contributed by atoms with Gasteiger partial charge in [-0.25, -0.2) is 4.39 Å². The molecular weight excluding hydrogens is 265 g/mol. The summed E-state index contributed by atoms with van der Waals surface area (Å²) in [6, 6.07) is 1.92. The Kier molecular flexibility index (Phi) is 2.96. The highest BCUT2D eigenvalue weighted by molar-refractivity contribution is 9.10. The van der Waals surface area contributed by atoms with E-state index in [0.29, 0.717) is 0 Å². The van der Waals surface area contributed by atoms with Crippen LogP contribution in [0.5, 0.6) is 0 Å². The number of rotatable bonds is 2. The molecule has 1 aliphatic heterocycles. The first-order valence-electron chi connectivity index (χ1n) is 4.75. The third kappa shape index (κ3) is 1.75. The summed E-state index contributed by atoms with van der Waals surface area (Å²) < 4.78 is 15.5. The normalized spacial score (nSPS) is 26.4. The smallest absolute Gasteiger partial charge is 0.147 e. The molecule has 1 aromatic rings. The van der Waals surface area contributed by atoms with Crippen molar-refractivity contribution in [1.29, 1.82) is 0 Å². The van der Waals surface area contributed by atoms with Crippen LogP contribution in [0, 0.1) is 5.92 Å². The Hall–Kier alpha value is 0.0700. The van der Waals surface area contributed by atoms with Crippen LogP contribution in [0.3, 0.4) is 0 Å². The molecule has 0 amide bonds. The second-order valence-electron chi connectivity index (χ2n) is 3.86. The monoisotopic (exact) mass is 277 g/mol. The average Bonchev–Trinajstić information content (AvgIpc) is 2.72. The SMILES string of the molecule is CC(F)(c1sccc1Br)C1CCNC1. The van der Waals surface area contributed by atoms with Crippen LogP contribution in [-0.4, -0.2) is 13.1 Å². The van der Waals surface area contributed by atoms with Gasteiger partial charge in [0.1, 0.15) is 5.67 Å². The molecule has 2 heterocycles. The molecule has 2 atom stereocenters. The second-order valence-corrected chi connectivity index (χ2v) is 5.63. The Morgan fingerprint density at radius 1 is 1.71 bits per heavy atom. The van der Waals surface area contributed by atoms with E-state index in [2.05, 4.69) is 21.2 Å². The Bertz CT molecular complexity index is 318. The molecule has 1 saturated heterocycles. The minimum absolute atomic E-state index is 0.109. The van der Waals surface area contributed by atoms with Gasteiger partial charge in [-0.3, -0.25) is 0 Å². The zero-order valence-electron chi connectivity index (χ0n) is 8.02. The molecule has 2 rings (SSSR count). The molecule has 4 heteroatoms. The van der Waals surface area contributed by atoms with Crippen LogP contribution in [0.1, 0.15) is 18.2 Å². The Morgan fingerprint density at radius 2 is 2.50 bits per heavy atom. The van der Waals surface area contributed by atoms with Crippen LogP contribution in [-0.2, 0) is 5.67 Å². The highest BCUT2D eigenvalue weighted by atomic mass is 79.9. The molecule has 14 heavy (non-hydrogen) atoms. The number of nitrogens with one attached hydrogen (secondary N) is 1. The van der Waals surface area contributed by atoms with Crippen LogP contribution in [0.2, 0.25) is 0 Å². The summed E-state index contributed by atoms with van der Waals surface area (Å²) in [4.78, 5) is 0.825. The van der Waals surface area contributed by atoms with E-state index in [-0.39, 0.29) is 5.92 Å². The number of thiophene rings is 1. The Balaban J connectivity index is 2.26. The molecule has 0 aliphatic carbocycles. The van der Waals surface area contributed by atoms with Gasteiger partial charge in [0.05, 0.1) is 4.88 Å². The van der Waals surface area contributed by atoms with Crippen LogP contribution in [0.25, 0.3) is 0 Å². The van der Waals surface area contributed by atoms with Gasteiger partial charge in [-0.1, -0.05) is 0 Å². The van der Waals surface area contributed by atoms with Gasteiger partial charge in [0.15, 0.2) is 0 Å². The molecule has 0 spiro atoms. The van der Waals surface area contributed by atoms with Gasteiger partial charge in [0.2, 0.25) is 0 Å². The summed E-state index contributed by atoms with van der Waals surface area (Å²) in [6.45, 7) is 3.42. The molecule has 1 N–H and O–H groups in total. The Morgan fingerprint density at radius 3 is 3.00 bits per heavy atom. The lowest BCUT2D eigenvalue weighted by Gasteiger charge is -2.26. The lowest BCUT2D eigenvalue weighted by atomic mass is 9.89. The first-order valence-corrected chi connectivity index (χ1v) is 6.42. The van der Waals surface area contributed by atoms with E-state index in [9.17, 15) is 4.39 Å². The molecule has 0 aromatic carbocycles. The summed E-state index contributed by atoms with van der Waals surface area (Å²) in [6.07, 6.45) is 0.928. The minimum atomic E-state index is -1.20. The van der Waals surface area contributed by atoms with E-state index in [1.54, 1.807) is 6.92 Å². The molecule has 1 fully saturated rings. The van der Waals surface area contributed by atoms with Crippen molar-refractivity contribution < 1.29 is 4.39 Å². The maximum absolute atomic E-state index is 14.6. The molecule has 0 saturated carbocycles. The van der Waals surface area contributed by atoms with E-state index in [0.717, 1.165) is 28.9 Å². The molecule has 1 nitrogen and oxygen atoms in total. The van der Waals surface area contributed by atoms with E-state index < -0.39 is 5.67 Å². The predicted molar refractivity (Wildman–Crippen MR) is 61.5 cm³/mol. The van der Waals surface area contributed by atoms with Crippen LogP contribution in [0.4, 0.5) is 4.39 Å². The van der Waals surface area contributed by atoms with Gasteiger partial charge >= 0.3 is 0 Å². The molecule has 2 unspecified atom stereocenters. The van der Waals surface area contributed by atoms with E-state index in [1.807, 2.05) is 11.4 Å². The van der Waals surface area contributed by atoms with Crippen molar-refractivity contribution in [2.24, 2.45) is 5.92 Å². The van der Waals surface area contributed by atoms with Crippen molar-refractivity contribution in [1.82, 2.24) is 5.32 Å². The molecule has 1 aromatic heterocycles. The summed E-state index contributed by atoms with van der Waals surface area (Å²) in [5.74, 6) is 0.109. The molecule has 0 radical (unpaired) electrons. The van der Waals surface area contributed by atoms with Crippen LogP contribution >= 0.6 is 27.3 Å². The predicted octanol–water partition coefficient (Wildman–Crippen LogP) is 3.30. The van der Waals surface area contributed by atoms with E-state index in [4.69, 9.17) is 0 Å². The highest BCUT2D eigenvalue weighted by Gasteiger charge is 2.39. The van der Waals surface area contributed by atoms with Crippen molar-refractivity contribution in [3.8, 4) is 0 Å². The highest BCUT2D eigenvalue weighted by Crippen LogP contribution is 2.43. The fourth-order valence-electron chi connectivity index (χ4n) is 1.95. The van der Waals surface area contributed by atoms with E-state index >= 15 is 0 Å². The van der Waals surface area contributed by atoms with Crippen molar-refractivity contribution in [2.45, 2.75) is 19.0 Å². The van der Waals surface area contributed by atoms with Crippen molar-refractivity contribution in [3.05, 3.63) is 20.8 Å². The number of alkyl halides is 1. The maximum Gasteiger partial charge on any atom is 0.147 e. The average molecular weight is 278 g/mol. The zero-order chi connectivity index (χ0) is 10.2. The topological polar surface area (TPSA) is 12.0 Å². The van der Waals surface area contributed by atoms with Gasteiger partial charge in [-0.15, -0.1) is 11.3 Å². The van der Waals surface area contributed by atoms with Gasteiger partial charge in [-0.05, 0) is 47.3 Å². The summed E-state index contributed by atoms with van der Waals surface area (Å²) >= 11 is 4.89. The summed E-state index contributed by atoms with van der Waals surface area (Å²) in [5, 5.41) is 5.14. The van der Waals surface area contributed by atoms with E-state index in [1.165, 1.54) is 11.3 Å². The summed E-state index contributed by atoms with van der Waals surface area (Å²) in [7, 11) is 0. The third-order valence-corrected chi connectivity index (χ3v) is 4.94. The molecule has 0 bridgehead atoms. The quantitative estimate of drug-likeness (QED) is 0.875. The maximum atomic E-state index is 14.6. The van der Waals surface area contributed by atoms with Crippen LogP contribution < -0.4 is 5.32 Å². The van der Waals surface area contributed by atoms with Crippen molar-refractivity contribution in [2.75, 3.05) is 13.1 Å². The van der Waals surface area contributed by atoms with Gasteiger partial charge in [0, 0.05) is 16.9 Å². The summed E-state index contributed by atoms with van der Waals surface area (Å²) in [5.41, 5.74) is -1.20. The van der Waals surface area contributed by atoms with Gasteiger partial charge < -0.3 is 5.32 Å². The zero-order valence-corrected chi connectivity index (χ0v) is 10.4. The fraction of sp³-hybridized carbons (Fsp3) is 0.600. The standard InChI is InChI=1S/C10H13BrFNS/c1-10(12,7-2-4-13-6-7)9-8(11)3-5-14-9/h3,5,7,13H,2,4,6H2,1H3. The molecular formula is C10H13BrFNS.